The van der Waals surface area contributed by atoms with E-state index in [4.69, 9.17) is 9.84 Å². The summed E-state index contributed by atoms with van der Waals surface area (Å²) in [5.41, 5.74) is 1.17. The average Bonchev–Trinajstić information content (AvgIpc) is 3.10. The van der Waals surface area contributed by atoms with E-state index in [0.29, 0.717) is 11.6 Å². The van der Waals surface area contributed by atoms with Crippen LogP contribution in [0.25, 0.3) is 0 Å². The van der Waals surface area contributed by atoms with E-state index in [9.17, 15) is 9.90 Å². The van der Waals surface area contributed by atoms with Crippen molar-refractivity contribution >= 4 is 45.9 Å². The molecule has 1 aliphatic heterocycles. The Labute approximate surface area is 165 Å². The first kappa shape index (κ1) is 20.4. The predicted octanol–water partition coefficient (Wildman–Crippen LogP) is 3.92. The van der Waals surface area contributed by atoms with E-state index in [0.717, 1.165) is 42.5 Å². The van der Waals surface area contributed by atoms with Gasteiger partial charge in [-0.25, -0.2) is 14.8 Å². The highest BCUT2D eigenvalue weighted by atomic mass is 79.9. The van der Waals surface area contributed by atoms with Gasteiger partial charge >= 0.3 is 5.97 Å². The average molecular weight is 445 g/mol. The molecule has 2 heterocycles. The van der Waals surface area contributed by atoms with E-state index in [2.05, 4.69) is 31.2 Å². The highest BCUT2D eigenvalue weighted by molar-refractivity contribution is 9.10. The number of ether oxygens (including phenoxy) is 1. The van der Waals surface area contributed by atoms with Gasteiger partial charge in [0.15, 0.2) is 0 Å². The number of carboxylic acid groups (broad SMARTS) is 1. The third kappa shape index (κ3) is 5.06. The number of hydrogen-bond acceptors (Lipinski definition) is 6. The molecule has 0 amide bonds. The SMILES string of the molecule is Cl.O=C(O)c1cc(Nc2ncc(Br)c(CCC3CCCO3)n2)ccc1O. The molecule has 1 aromatic carbocycles. The second-order valence-corrected chi connectivity index (χ2v) is 6.68. The number of aromatic hydroxyl groups is 1. The zero-order chi connectivity index (χ0) is 17.8. The molecule has 1 atom stereocenters. The maximum absolute atomic E-state index is 11.1. The first-order valence-electron chi connectivity index (χ1n) is 7.99. The molecule has 3 rings (SSSR count). The van der Waals surface area contributed by atoms with Crippen molar-refractivity contribution in [2.45, 2.75) is 31.8 Å². The first-order valence-corrected chi connectivity index (χ1v) is 8.78. The molecule has 2 aromatic rings. The lowest BCUT2D eigenvalue weighted by atomic mass is 10.1. The molecule has 0 spiro atoms. The van der Waals surface area contributed by atoms with Gasteiger partial charge in [0, 0.05) is 18.5 Å². The molecule has 1 unspecified atom stereocenters. The Morgan fingerprint density at radius 3 is 2.92 bits per heavy atom. The Kier molecular flexibility index (Phi) is 7.19. The molecule has 1 aromatic heterocycles. The number of aromatic carboxylic acids is 1. The summed E-state index contributed by atoms with van der Waals surface area (Å²) >= 11 is 3.46. The van der Waals surface area contributed by atoms with E-state index in [1.807, 2.05) is 0 Å². The van der Waals surface area contributed by atoms with Crippen LogP contribution in [0.3, 0.4) is 0 Å². The Bertz CT molecular complexity index is 785. The number of nitrogens with zero attached hydrogens (tertiary/aromatic N) is 2. The van der Waals surface area contributed by atoms with Crippen molar-refractivity contribution in [2.75, 3.05) is 11.9 Å². The lowest BCUT2D eigenvalue weighted by Crippen LogP contribution is -2.08. The number of hydrogen-bond donors (Lipinski definition) is 3. The van der Waals surface area contributed by atoms with E-state index in [1.165, 1.54) is 12.1 Å². The Morgan fingerprint density at radius 1 is 1.42 bits per heavy atom. The number of anilines is 2. The summed E-state index contributed by atoms with van der Waals surface area (Å²) in [5, 5.41) is 21.6. The third-order valence-electron chi connectivity index (χ3n) is 4.03. The number of phenols is 1. The number of halogens is 2. The molecule has 0 radical (unpaired) electrons. The molecule has 0 saturated carbocycles. The Hall–Kier alpha value is -1.90. The van der Waals surface area contributed by atoms with Crippen molar-refractivity contribution in [3.8, 4) is 5.75 Å². The van der Waals surface area contributed by atoms with Crippen LogP contribution in [-0.2, 0) is 11.2 Å². The van der Waals surface area contributed by atoms with Gasteiger partial charge in [-0.05, 0) is 59.8 Å². The Morgan fingerprint density at radius 2 is 2.23 bits per heavy atom. The van der Waals surface area contributed by atoms with Gasteiger partial charge in [-0.15, -0.1) is 12.4 Å². The highest BCUT2D eigenvalue weighted by Gasteiger charge is 2.17. The molecule has 1 fully saturated rings. The molecule has 1 aliphatic rings. The van der Waals surface area contributed by atoms with Crippen LogP contribution in [0, 0.1) is 0 Å². The normalized spacial score (nSPS) is 16.1. The molecule has 9 heteroatoms. The van der Waals surface area contributed by atoms with E-state index in [1.54, 1.807) is 12.3 Å². The largest absolute Gasteiger partial charge is 0.507 e. The van der Waals surface area contributed by atoms with Gasteiger partial charge in [0.25, 0.3) is 0 Å². The first-order chi connectivity index (χ1) is 12.0. The van der Waals surface area contributed by atoms with Gasteiger partial charge < -0.3 is 20.3 Å². The zero-order valence-electron chi connectivity index (χ0n) is 13.8. The predicted molar refractivity (Wildman–Crippen MR) is 103 cm³/mol. The van der Waals surface area contributed by atoms with Crippen LogP contribution in [-0.4, -0.2) is 38.9 Å². The topological polar surface area (TPSA) is 105 Å². The van der Waals surface area contributed by atoms with Crippen LogP contribution in [0.15, 0.2) is 28.9 Å². The summed E-state index contributed by atoms with van der Waals surface area (Å²) in [5.74, 6) is -1.12. The van der Waals surface area contributed by atoms with Crippen LogP contribution < -0.4 is 5.32 Å². The molecule has 140 valence electrons. The van der Waals surface area contributed by atoms with Gasteiger partial charge in [-0.2, -0.15) is 0 Å². The van der Waals surface area contributed by atoms with Gasteiger partial charge in [0.05, 0.1) is 16.3 Å². The molecule has 26 heavy (non-hydrogen) atoms. The van der Waals surface area contributed by atoms with Crippen molar-refractivity contribution < 1.29 is 19.7 Å². The molecular formula is C17H19BrClN3O4. The summed E-state index contributed by atoms with van der Waals surface area (Å²) < 4.78 is 6.46. The third-order valence-corrected chi connectivity index (χ3v) is 4.69. The second-order valence-electron chi connectivity index (χ2n) is 5.82. The van der Waals surface area contributed by atoms with Crippen LogP contribution in [0.1, 0.15) is 35.3 Å². The van der Waals surface area contributed by atoms with Crippen LogP contribution in [0.2, 0.25) is 0 Å². The maximum Gasteiger partial charge on any atom is 0.339 e. The van der Waals surface area contributed by atoms with E-state index in [-0.39, 0.29) is 29.8 Å². The molecule has 1 saturated heterocycles. The van der Waals surface area contributed by atoms with E-state index >= 15 is 0 Å². The van der Waals surface area contributed by atoms with Crippen molar-refractivity contribution in [3.63, 3.8) is 0 Å². The minimum absolute atomic E-state index is 0. The minimum Gasteiger partial charge on any atom is -0.507 e. The van der Waals surface area contributed by atoms with Crippen LogP contribution in [0.5, 0.6) is 5.75 Å². The number of aromatic nitrogens is 2. The number of carboxylic acids is 1. The molecule has 0 bridgehead atoms. The fourth-order valence-electron chi connectivity index (χ4n) is 2.72. The summed E-state index contributed by atoms with van der Waals surface area (Å²) in [4.78, 5) is 19.8. The van der Waals surface area contributed by atoms with Crippen molar-refractivity contribution in [3.05, 3.63) is 40.1 Å². The zero-order valence-corrected chi connectivity index (χ0v) is 16.2. The minimum atomic E-state index is -1.20. The summed E-state index contributed by atoms with van der Waals surface area (Å²) in [7, 11) is 0. The van der Waals surface area contributed by atoms with Gasteiger partial charge in [-0.1, -0.05) is 0 Å². The quantitative estimate of drug-likeness (QED) is 0.580. The van der Waals surface area contributed by atoms with Crippen LogP contribution in [0.4, 0.5) is 11.6 Å². The van der Waals surface area contributed by atoms with Gasteiger partial charge in [-0.3, -0.25) is 0 Å². The summed E-state index contributed by atoms with van der Waals surface area (Å²) in [6, 6.07) is 4.23. The maximum atomic E-state index is 11.1. The number of aryl methyl sites for hydroxylation is 1. The molecular weight excluding hydrogens is 426 g/mol. The monoisotopic (exact) mass is 443 g/mol. The molecule has 0 aliphatic carbocycles. The van der Waals surface area contributed by atoms with Gasteiger partial charge in [0.2, 0.25) is 5.95 Å². The lowest BCUT2D eigenvalue weighted by Gasteiger charge is -2.11. The fourth-order valence-corrected chi connectivity index (χ4v) is 3.11. The standard InChI is InChI=1S/C17H18BrN3O4.ClH/c18-13-9-19-17(21-14(13)5-4-11-2-1-7-25-11)20-10-3-6-15(22)12(8-10)16(23)24;/h3,6,8-9,11,22H,1-2,4-5,7H2,(H,23,24)(H,19,20,21);1H. The number of benzene rings is 1. The molecule has 7 nitrogen and oxygen atoms in total. The lowest BCUT2D eigenvalue weighted by molar-refractivity contribution is 0.0693. The number of nitrogens with one attached hydrogen (secondary N) is 1. The van der Waals surface area contributed by atoms with Crippen LogP contribution >= 0.6 is 28.3 Å². The second kappa shape index (κ2) is 9.16. The van der Waals surface area contributed by atoms with Gasteiger partial charge in [0.1, 0.15) is 11.3 Å². The smallest absolute Gasteiger partial charge is 0.339 e. The highest BCUT2D eigenvalue weighted by Crippen LogP contribution is 2.25. The van der Waals surface area contributed by atoms with Crippen molar-refractivity contribution in [1.82, 2.24) is 9.97 Å². The Balaban J connectivity index is 0.00000243. The van der Waals surface area contributed by atoms with E-state index < -0.39 is 5.97 Å². The molecule has 3 N–H and O–H groups in total. The summed E-state index contributed by atoms with van der Waals surface area (Å²) in [6.45, 7) is 0.829. The number of carbonyl (C=O) groups is 1. The number of rotatable bonds is 6. The van der Waals surface area contributed by atoms with Crippen molar-refractivity contribution in [1.29, 1.82) is 0 Å². The fraction of sp³-hybridized carbons (Fsp3) is 0.353. The van der Waals surface area contributed by atoms with Crippen molar-refractivity contribution in [2.24, 2.45) is 0 Å². The summed E-state index contributed by atoms with van der Waals surface area (Å²) in [6.07, 6.45) is 5.80.